The van der Waals surface area contributed by atoms with E-state index in [4.69, 9.17) is 0 Å². The smallest absolute Gasteiger partial charge is 0.317 e. The largest absolute Gasteiger partial charge is 0.338 e. The van der Waals surface area contributed by atoms with Crippen molar-refractivity contribution in [2.75, 3.05) is 26.2 Å². The van der Waals surface area contributed by atoms with Crippen LogP contribution >= 0.6 is 0 Å². The molecule has 1 N–H and O–H groups in total. The predicted molar refractivity (Wildman–Crippen MR) is 71.3 cm³/mol. The van der Waals surface area contributed by atoms with E-state index in [9.17, 15) is 9.59 Å². The molecule has 1 atom stereocenters. The maximum Gasteiger partial charge on any atom is 0.317 e. The number of hydrogen-bond donors (Lipinski definition) is 1. The second kappa shape index (κ2) is 7.24. The highest BCUT2D eigenvalue weighted by Crippen LogP contribution is 2.13. The molecule has 0 unspecified atom stereocenters. The average Bonchev–Trinajstić information content (AvgIpc) is 2.38. The number of rotatable bonds is 5. The molecule has 1 aliphatic rings. The second-order valence-electron chi connectivity index (χ2n) is 4.75. The van der Waals surface area contributed by atoms with Crippen molar-refractivity contribution in [1.29, 1.82) is 0 Å². The van der Waals surface area contributed by atoms with Gasteiger partial charge < -0.3 is 15.1 Å². The third kappa shape index (κ3) is 3.89. The molecule has 1 rings (SSSR count). The standard InChI is InChI=1S/C13H25N3O2/c1-4-15(5-2)13(18)14-10-11(3)16-9-7-6-8-12(16)17/h11H,4-10H2,1-3H3,(H,14,18)/t11-/m0/s1. The highest BCUT2D eigenvalue weighted by molar-refractivity contribution is 5.77. The molecule has 5 nitrogen and oxygen atoms in total. The quantitative estimate of drug-likeness (QED) is 0.808. The third-order valence-electron chi connectivity index (χ3n) is 3.49. The number of nitrogens with zero attached hydrogens (tertiary/aromatic N) is 2. The van der Waals surface area contributed by atoms with Gasteiger partial charge in [0.2, 0.25) is 5.91 Å². The summed E-state index contributed by atoms with van der Waals surface area (Å²) in [4.78, 5) is 27.1. The Morgan fingerprint density at radius 1 is 1.39 bits per heavy atom. The van der Waals surface area contributed by atoms with Crippen molar-refractivity contribution >= 4 is 11.9 Å². The molecule has 0 saturated carbocycles. The van der Waals surface area contributed by atoms with Crippen molar-refractivity contribution < 1.29 is 9.59 Å². The van der Waals surface area contributed by atoms with E-state index in [1.807, 2.05) is 25.7 Å². The summed E-state index contributed by atoms with van der Waals surface area (Å²) in [6, 6.07) is 0.0358. The summed E-state index contributed by atoms with van der Waals surface area (Å²) >= 11 is 0. The van der Waals surface area contributed by atoms with Crippen LogP contribution in [-0.2, 0) is 4.79 Å². The van der Waals surface area contributed by atoms with E-state index in [1.165, 1.54) is 0 Å². The normalized spacial score (nSPS) is 17.5. The second-order valence-corrected chi connectivity index (χ2v) is 4.75. The number of carbonyl (C=O) groups excluding carboxylic acids is 2. The zero-order chi connectivity index (χ0) is 13.5. The monoisotopic (exact) mass is 255 g/mol. The summed E-state index contributed by atoms with van der Waals surface area (Å²) < 4.78 is 0. The Bertz CT molecular complexity index is 290. The fourth-order valence-electron chi connectivity index (χ4n) is 2.26. The van der Waals surface area contributed by atoms with Crippen LogP contribution in [0.4, 0.5) is 4.79 Å². The molecule has 0 aromatic heterocycles. The lowest BCUT2D eigenvalue weighted by molar-refractivity contribution is -0.135. The number of amides is 3. The molecule has 0 spiro atoms. The Morgan fingerprint density at radius 2 is 2.06 bits per heavy atom. The van der Waals surface area contributed by atoms with Crippen LogP contribution in [0, 0.1) is 0 Å². The first-order valence-electron chi connectivity index (χ1n) is 6.92. The van der Waals surface area contributed by atoms with Gasteiger partial charge in [-0.15, -0.1) is 0 Å². The molecule has 0 radical (unpaired) electrons. The Morgan fingerprint density at radius 3 is 2.61 bits per heavy atom. The number of piperidine rings is 1. The van der Waals surface area contributed by atoms with Gasteiger partial charge >= 0.3 is 6.03 Å². The molecule has 1 aliphatic heterocycles. The number of hydrogen-bond acceptors (Lipinski definition) is 2. The van der Waals surface area contributed by atoms with Crippen LogP contribution in [-0.4, -0.2) is 54.0 Å². The lowest BCUT2D eigenvalue weighted by atomic mass is 10.1. The first kappa shape index (κ1) is 14.8. The lowest BCUT2D eigenvalue weighted by Crippen LogP contribution is -2.49. The summed E-state index contributed by atoms with van der Waals surface area (Å²) in [5, 5.41) is 2.90. The summed E-state index contributed by atoms with van der Waals surface area (Å²) in [6.45, 7) is 8.67. The van der Waals surface area contributed by atoms with Gasteiger partial charge in [-0.05, 0) is 33.6 Å². The molecule has 0 aliphatic carbocycles. The van der Waals surface area contributed by atoms with E-state index < -0.39 is 0 Å². The highest BCUT2D eigenvalue weighted by atomic mass is 16.2. The van der Waals surface area contributed by atoms with E-state index in [-0.39, 0.29) is 18.0 Å². The molecule has 3 amide bonds. The predicted octanol–water partition coefficient (Wildman–Crippen LogP) is 1.44. The lowest BCUT2D eigenvalue weighted by Gasteiger charge is -2.33. The minimum absolute atomic E-state index is 0.0451. The molecule has 5 heteroatoms. The van der Waals surface area contributed by atoms with Crippen LogP contribution in [0.1, 0.15) is 40.0 Å². The summed E-state index contributed by atoms with van der Waals surface area (Å²) in [6.07, 6.45) is 2.71. The fourth-order valence-corrected chi connectivity index (χ4v) is 2.26. The van der Waals surface area contributed by atoms with Crippen LogP contribution in [0.15, 0.2) is 0 Å². The van der Waals surface area contributed by atoms with Crippen molar-refractivity contribution in [3.8, 4) is 0 Å². The number of urea groups is 1. The Kier molecular flexibility index (Phi) is 5.95. The molecule has 0 aromatic carbocycles. The molecular weight excluding hydrogens is 230 g/mol. The van der Waals surface area contributed by atoms with Gasteiger partial charge in [-0.2, -0.15) is 0 Å². The van der Waals surface area contributed by atoms with Crippen LogP contribution in [0.5, 0.6) is 0 Å². The maximum atomic E-state index is 11.8. The molecule has 0 aromatic rings. The molecular formula is C13H25N3O2. The highest BCUT2D eigenvalue weighted by Gasteiger charge is 2.23. The minimum Gasteiger partial charge on any atom is -0.338 e. The first-order valence-corrected chi connectivity index (χ1v) is 6.92. The molecule has 18 heavy (non-hydrogen) atoms. The third-order valence-corrected chi connectivity index (χ3v) is 3.49. The topological polar surface area (TPSA) is 52.7 Å². The fraction of sp³-hybridized carbons (Fsp3) is 0.846. The Hall–Kier alpha value is -1.26. The van der Waals surface area contributed by atoms with Crippen molar-refractivity contribution in [3.63, 3.8) is 0 Å². The van der Waals surface area contributed by atoms with E-state index >= 15 is 0 Å². The number of carbonyl (C=O) groups is 2. The van der Waals surface area contributed by atoms with Gasteiger partial charge in [-0.1, -0.05) is 0 Å². The maximum absolute atomic E-state index is 11.8. The zero-order valence-electron chi connectivity index (χ0n) is 11.7. The van der Waals surface area contributed by atoms with E-state index in [0.717, 1.165) is 19.4 Å². The molecule has 1 heterocycles. The molecule has 0 bridgehead atoms. The van der Waals surface area contributed by atoms with Gasteiger partial charge in [-0.25, -0.2) is 4.79 Å². The van der Waals surface area contributed by atoms with Crippen LogP contribution in [0.3, 0.4) is 0 Å². The number of likely N-dealkylation sites (tertiary alicyclic amines) is 1. The minimum atomic E-state index is -0.0451. The van der Waals surface area contributed by atoms with Crippen molar-refractivity contribution in [1.82, 2.24) is 15.1 Å². The van der Waals surface area contributed by atoms with Crippen LogP contribution in [0.25, 0.3) is 0 Å². The Balaban J connectivity index is 2.38. The van der Waals surface area contributed by atoms with Gasteiger partial charge in [0, 0.05) is 38.6 Å². The summed E-state index contributed by atoms with van der Waals surface area (Å²) in [5.41, 5.74) is 0. The molecule has 1 fully saturated rings. The summed E-state index contributed by atoms with van der Waals surface area (Å²) in [7, 11) is 0. The van der Waals surface area contributed by atoms with E-state index in [0.29, 0.717) is 26.1 Å². The average molecular weight is 255 g/mol. The van der Waals surface area contributed by atoms with Gasteiger partial charge in [0.05, 0.1) is 0 Å². The van der Waals surface area contributed by atoms with Crippen molar-refractivity contribution in [3.05, 3.63) is 0 Å². The van der Waals surface area contributed by atoms with Crippen LogP contribution in [0.2, 0.25) is 0 Å². The van der Waals surface area contributed by atoms with Gasteiger partial charge in [0.15, 0.2) is 0 Å². The van der Waals surface area contributed by atoms with Crippen LogP contribution < -0.4 is 5.32 Å². The van der Waals surface area contributed by atoms with Crippen molar-refractivity contribution in [2.24, 2.45) is 0 Å². The first-order chi connectivity index (χ1) is 8.60. The molecule has 104 valence electrons. The SMILES string of the molecule is CCN(CC)C(=O)NC[C@H](C)N1CCCCC1=O. The van der Waals surface area contributed by atoms with Gasteiger partial charge in [0.25, 0.3) is 0 Å². The zero-order valence-corrected chi connectivity index (χ0v) is 11.7. The summed E-state index contributed by atoms with van der Waals surface area (Å²) in [5.74, 6) is 0.214. The van der Waals surface area contributed by atoms with Gasteiger partial charge in [0.1, 0.15) is 0 Å². The Labute approximate surface area is 110 Å². The van der Waals surface area contributed by atoms with Gasteiger partial charge in [-0.3, -0.25) is 4.79 Å². The van der Waals surface area contributed by atoms with E-state index in [2.05, 4.69) is 5.32 Å². The van der Waals surface area contributed by atoms with E-state index in [1.54, 1.807) is 4.90 Å². The molecule has 1 saturated heterocycles. The number of nitrogens with one attached hydrogen (secondary N) is 1. The van der Waals surface area contributed by atoms with Crippen molar-refractivity contribution in [2.45, 2.75) is 46.1 Å².